The van der Waals surface area contributed by atoms with E-state index in [2.05, 4.69) is 56.3 Å². The smallest absolute Gasteiger partial charge is 0.271 e. The fourth-order valence-corrected chi connectivity index (χ4v) is 6.27. The van der Waals surface area contributed by atoms with Crippen molar-refractivity contribution in [1.29, 1.82) is 0 Å². The molecule has 0 fully saturated rings. The second-order valence-corrected chi connectivity index (χ2v) is 10.8. The molecule has 0 spiro atoms. The second-order valence-electron chi connectivity index (χ2n) is 9.79. The van der Waals surface area contributed by atoms with Gasteiger partial charge in [0.25, 0.3) is 11.2 Å². The van der Waals surface area contributed by atoms with Gasteiger partial charge in [0, 0.05) is 17.7 Å². The average molecular weight is 508 g/mol. The summed E-state index contributed by atoms with van der Waals surface area (Å²) in [5.74, 6) is 0.419. The van der Waals surface area contributed by atoms with E-state index in [1.165, 1.54) is 34.6 Å². The summed E-state index contributed by atoms with van der Waals surface area (Å²) in [6, 6.07) is 23.0. The first-order valence-electron chi connectivity index (χ1n) is 12.4. The topological polar surface area (TPSA) is 77.5 Å². The van der Waals surface area contributed by atoms with Crippen molar-refractivity contribution in [2.24, 2.45) is 4.99 Å². The normalized spacial score (nSPS) is 16.7. The highest BCUT2D eigenvalue weighted by Gasteiger charge is 2.32. The summed E-state index contributed by atoms with van der Waals surface area (Å²) in [5.41, 5.74) is 7.33. The molecule has 184 valence electrons. The van der Waals surface area contributed by atoms with Crippen LogP contribution in [0.15, 0.2) is 88.2 Å². The van der Waals surface area contributed by atoms with Crippen LogP contribution in [0.2, 0.25) is 0 Å². The van der Waals surface area contributed by atoms with Gasteiger partial charge in [-0.1, -0.05) is 85.8 Å². The lowest BCUT2D eigenvalue weighted by atomic mass is 9.83. The van der Waals surface area contributed by atoms with Gasteiger partial charge in [0.05, 0.1) is 21.2 Å². The van der Waals surface area contributed by atoms with Gasteiger partial charge < -0.3 is 0 Å². The van der Waals surface area contributed by atoms with E-state index >= 15 is 0 Å². The molecule has 7 heteroatoms. The number of nitro benzene ring substituents is 1. The maximum absolute atomic E-state index is 13.8. The monoisotopic (exact) mass is 507 g/mol. The van der Waals surface area contributed by atoms with E-state index in [4.69, 9.17) is 4.99 Å². The minimum Gasteiger partial charge on any atom is -0.272 e. The molecular weight excluding hydrogens is 482 g/mol. The Balaban J connectivity index is 1.58. The van der Waals surface area contributed by atoms with Crippen LogP contribution in [0.3, 0.4) is 0 Å². The third kappa shape index (κ3) is 4.05. The number of non-ortho nitro benzene ring substituents is 1. The molecule has 2 aliphatic rings. The van der Waals surface area contributed by atoms with Crippen LogP contribution in [0.5, 0.6) is 0 Å². The van der Waals surface area contributed by atoms with E-state index in [9.17, 15) is 14.9 Å². The first kappa shape index (κ1) is 23.3. The number of aromatic nitrogens is 1. The van der Waals surface area contributed by atoms with Crippen molar-refractivity contribution in [3.8, 4) is 0 Å². The molecule has 0 bridgehead atoms. The van der Waals surface area contributed by atoms with Gasteiger partial charge in [-0.2, -0.15) is 0 Å². The van der Waals surface area contributed by atoms with E-state index in [-0.39, 0.29) is 17.3 Å². The largest absolute Gasteiger partial charge is 0.272 e. The lowest BCUT2D eigenvalue weighted by Gasteiger charge is -2.31. The van der Waals surface area contributed by atoms with Crippen molar-refractivity contribution in [2.75, 3.05) is 0 Å². The Kier molecular flexibility index (Phi) is 5.72. The number of nitro groups is 1. The summed E-state index contributed by atoms with van der Waals surface area (Å²) in [6.45, 7) is 4.34. The zero-order valence-corrected chi connectivity index (χ0v) is 21.4. The molecule has 0 N–H and O–H groups in total. The van der Waals surface area contributed by atoms with Crippen LogP contribution in [-0.2, 0) is 6.42 Å². The fourth-order valence-electron chi connectivity index (χ4n) is 5.27. The van der Waals surface area contributed by atoms with Gasteiger partial charge >= 0.3 is 0 Å². The number of aryl methyl sites for hydroxylation is 1. The number of allylic oxidation sites excluding steroid dienone is 1. The highest BCUT2D eigenvalue weighted by Crippen LogP contribution is 2.41. The lowest BCUT2D eigenvalue weighted by Crippen LogP contribution is -2.38. The van der Waals surface area contributed by atoms with Crippen LogP contribution in [0, 0.1) is 10.1 Å². The number of thiazole rings is 1. The Labute approximate surface area is 217 Å². The number of hydrogen-bond acceptors (Lipinski definition) is 5. The fraction of sp³-hybridized carbons (Fsp3) is 0.200. The van der Waals surface area contributed by atoms with Gasteiger partial charge in [-0.15, -0.1) is 0 Å². The van der Waals surface area contributed by atoms with Crippen LogP contribution in [-0.4, -0.2) is 9.49 Å². The van der Waals surface area contributed by atoms with E-state index < -0.39 is 4.92 Å². The highest BCUT2D eigenvalue weighted by atomic mass is 32.1. The van der Waals surface area contributed by atoms with Crippen molar-refractivity contribution < 1.29 is 4.92 Å². The number of nitrogens with zero attached hydrogens (tertiary/aromatic N) is 3. The molecule has 0 amide bonds. The Bertz CT molecular complexity index is 1760. The van der Waals surface area contributed by atoms with E-state index in [1.54, 1.807) is 18.2 Å². The minimum atomic E-state index is -0.425. The van der Waals surface area contributed by atoms with Crippen LogP contribution in [0.25, 0.3) is 11.8 Å². The minimum absolute atomic E-state index is 0.00304. The maximum atomic E-state index is 13.8. The zero-order valence-electron chi connectivity index (χ0n) is 20.5. The summed E-state index contributed by atoms with van der Waals surface area (Å²) in [4.78, 5) is 30.3. The summed E-state index contributed by atoms with van der Waals surface area (Å²) < 4.78 is 2.32. The molecule has 0 saturated carbocycles. The standard InChI is InChI=1S/C30H25N3O3S/c1-18(2)20-10-12-22(13-11-20)28-25-15-14-21-7-3-4-9-24(21)27(25)31-30-32(28)29(34)26(37-30)17-19-6-5-8-23(16-19)33(35)36/h3-13,16-18,28H,14-15H2,1-2H3. The Morgan fingerprint density at radius 1 is 1.05 bits per heavy atom. The maximum Gasteiger partial charge on any atom is 0.271 e. The Morgan fingerprint density at radius 3 is 2.59 bits per heavy atom. The Morgan fingerprint density at radius 2 is 1.84 bits per heavy atom. The number of rotatable bonds is 4. The van der Waals surface area contributed by atoms with Gasteiger partial charge in [-0.25, -0.2) is 4.99 Å². The molecule has 1 unspecified atom stereocenters. The quantitative estimate of drug-likeness (QED) is 0.276. The van der Waals surface area contributed by atoms with Crippen molar-refractivity contribution in [1.82, 2.24) is 4.57 Å². The number of fused-ring (bicyclic) bond motifs is 3. The SMILES string of the molecule is CC(C)c1ccc(C2C3=C(N=c4sc(=Cc5cccc([N+](=O)[O-])c5)c(=O)n42)c2ccccc2CC3)cc1. The molecule has 37 heavy (non-hydrogen) atoms. The average Bonchev–Trinajstić information content (AvgIpc) is 3.21. The van der Waals surface area contributed by atoms with E-state index in [1.807, 2.05) is 10.6 Å². The molecule has 4 aromatic rings. The first-order valence-corrected chi connectivity index (χ1v) is 13.2. The van der Waals surface area contributed by atoms with Crippen LogP contribution < -0.4 is 14.9 Å². The Hall–Kier alpha value is -4.10. The van der Waals surface area contributed by atoms with Gasteiger partial charge in [0.15, 0.2) is 4.80 Å². The van der Waals surface area contributed by atoms with Gasteiger partial charge in [0.1, 0.15) is 0 Å². The molecule has 1 aliphatic heterocycles. The summed E-state index contributed by atoms with van der Waals surface area (Å²) >= 11 is 1.33. The molecule has 1 aliphatic carbocycles. The summed E-state index contributed by atoms with van der Waals surface area (Å²) in [6.07, 6.45) is 3.47. The third-order valence-corrected chi connectivity index (χ3v) is 8.15. The van der Waals surface area contributed by atoms with Crippen LogP contribution in [0.1, 0.15) is 60.0 Å². The van der Waals surface area contributed by atoms with Crippen LogP contribution >= 0.6 is 11.3 Å². The second kappa shape index (κ2) is 9.09. The van der Waals surface area contributed by atoms with Crippen LogP contribution in [0.4, 0.5) is 5.69 Å². The third-order valence-electron chi connectivity index (χ3n) is 7.17. The molecule has 0 radical (unpaired) electrons. The molecular formula is C30H25N3O3S. The van der Waals surface area contributed by atoms with E-state index in [0.29, 0.717) is 20.8 Å². The predicted molar refractivity (Wildman–Crippen MR) is 146 cm³/mol. The molecule has 1 aromatic heterocycles. The predicted octanol–water partition coefficient (Wildman–Crippen LogP) is 5.35. The summed E-state index contributed by atoms with van der Waals surface area (Å²) in [5, 5.41) is 11.3. The molecule has 3 aromatic carbocycles. The van der Waals surface area contributed by atoms with Gasteiger partial charge in [0.2, 0.25) is 0 Å². The number of hydrogen-bond donors (Lipinski definition) is 0. The first-order chi connectivity index (χ1) is 17.9. The number of benzene rings is 3. The molecule has 1 atom stereocenters. The molecule has 6 nitrogen and oxygen atoms in total. The lowest BCUT2D eigenvalue weighted by molar-refractivity contribution is -0.384. The van der Waals surface area contributed by atoms with Crippen molar-refractivity contribution in [3.05, 3.63) is 136 Å². The van der Waals surface area contributed by atoms with Gasteiger partial charge in [-0.05, 0) is 52.7 Å². The summed E-state index contributed by atoms with van der Waals surface area (Å²) in [7, 11) is 0. The molecule has 6 rings (SSSR count). The van der Waals surface area contributed by atoms with Crippen molar-refractivity contribution in [2.45, 2.75) is 38.6 Å². The zero-order chi connectivity index (χ0) is 25.7. The van der Waals surface area contributed by atoms with Gasteiger partial charge in [-0.3, -0.25) is 19.5 Å². The molecule has 2 heterocycles. The van der Waals surface area contributed by atoms with Crippen molar-refractivity contribution >= 4 is 28.8 Å². The van der Waals surface area contributed by atoms with E-state index in [0.717, 1.165) is 35.2 Å². The molecule has 0 saturated heterocycles. The van der Waals surface area contributed by atoms with Crippen molar-refractivity contribution in [3.63, 3.8) is 0 Å². The highest BCUT2D eigenvalue weighted by molar-refractivity contribution is 7.07.